The molecule has 1 rings (SSSR count). The van der Waals surface area contributed by atoms with E-state index in [-0.39, 0.29) is 11.8 Å². The lowest BCUT2D eigenvalue weighted by Crippen LogP contribution is -2.48. The van der Waals surface area contributed by atoms with E-state index in [0.29, 0.717) is 12.0 Å². The summed E-state index contributed by atoms with van der Waals surface area (Å²) >= 11 is 0. The van der Waals surface area contributed by atoms with E-state index in [9.17, 15) is 14.7 Å². The molecule has 0 radical (unpaired) electrons. The summed E-state index contributed by atoms with van der Waals surface area (Å²) in [5.41, 5.74) is 1.31. The second-order valence-electron chi connectivity index (χ2n) is 4.79. The Labute approximate surface area is 107 Å². The van der Waals surface area contributed by atoms with Gasteiger partial charge in [-0.1, -0.05) is 32.0 Å². The molecule has 0 saturated heterocycles. The Morgan fingerprint density at radius 1 is 1.28 bits per heavy atom. The molecule has 1 aromatic carbocycles. The summed E-state index contributed by atoms with van der Waals surface area (Å²) in [6, 6.07) is 6.11. The quantitative estimate of drug-likeness (QED) is 0.841. The molecule has 0 aliphatic heterocycles. The van der Waals surface area contributed by atoms with Crippen molar-refractivity contribution in [2.24, 2.45) is 5.92 Å². The van der Waals surface area contributed by atoms with Crippen LogP contribution >= 0.6 is 0 Å². The number of carbonyl (C=O) groups excluding carboxylic acids is 2. The van der Waals surface area contributed by atoms with Crippen LogP contribution in [0.1, 0.15) is 36.2 Å². The lowest BCUT2D eigenvalue weighted by molar-refractivity contribution is -0.308. The summed E-state index contributed by atoms with van der Waals surface area (Å²) in [5.74, 6) is -1.45. The van der Waals surface area contributed by atoms with Crippen LogP contribution in [0.15, 0.2) is 24.3 Å². The first kappa shape index (κ1) is 14.2. The maximum absolute atomic E-state index is 12.0. The molecular weight excluding hydrogens is 230 g/mol. The number of carboxylic acid groups (broad SMARTS) is 1. The number of hydrogen-bond donors (Lipinski definition) is 1. The van der Waals surface area contributed by atoms with Gasteiger partial charge in [-0.2, -0.15) is 0 Å². The van der Waals surface area contributed by atoms with Crippen molar-refractivity contribution < 1.29 is 14.7 Å². The number of hydrogen-bond acceptors (Lipinski definition) is 3. The highest BCUT2D eigenvalue weighted by atomic mass is 16.4. The maximum Gasteiger partial charge on any atom is 0.252 e. The summed E-state index contributed by atoms with van der Waals surface area (Å²) in [4.78, 5) is 22.9. The van der Waals surface area contributed by atoms with Gasteiger partial charge in [-0.05, 0) is 30.9 Å². The van der Waals surface area contributed by atoms with E-state index >= 15 is 0 Å². The molecule has 4 nitrogen and oxygen atoms in total. The van der Waals surface area contributed by atoms with Crippen molar-refractivity contribution in [1.82, 2.24) is 5.32 Å². The second-order valence-corrected chi connectivity index (χ2v) is 4.79. The summed E-state index contributed by atoms with van der Waals surface area (Å²) in [5, 5.41) is 13.5. The van der Waals surface area contributed by atoms with Crippen LogP contribution in [0.2, 0.25) is 0 Å². The first-order valence-corrected chi connectivity index (χ1v) is 5.99. The molecule has 1 N–H and O–H groups in total. The van der Waals surface area contributed by atoms with Gasteiger partial charge in [-0.3, -0.25) is 4.79 Å². The monoisotopic (exact) mass is 248 g/mol. The molecule has 0 aliphatic carbocycles. The second kappa shape index (κ2) is 6.19. The topological polar surface area (TPSA) is 69.2 Å². The van der Waals surface area contributed by atoms with Crippen molar-refractivity contribution in [3.63, 3.8) is 0 Å². The first-order valence-electron chi connectivity index (χ1n) is 5.99. The summed E-state index contributed by atoms with van der Waals surface area (Å²) < 4.78 is 0. The van der Waals surface area contributed by atoms with Gasteiger partial charge in [0.15, 0.2) is 0 Å². The molecular formula is C14H18NO3-. The number of aryl methyl sites for hydroxylation is 1. The Kier molecular flexibility index (Phi) is 4.89. The van der Waals surface area contributed by atoms with Gasteiger partial charge in [0.05, 0.1) is 12.0 Å². The highest BCUT2D eigenvalue weighted by Gasteiger charge is 2.17. The van der Waals surface area contributed by atoms with Gasteiger partial charge < -0.3 is 15.2 Å². The minimum Gasteiger partial charge on any atom is -0.548 e. The molecule has 0 bridgehead atoms. The molecule has 98 valence electrons. The van der Waals surface area contributed by atoms with E-state index in [2.05, 4.69) is 5.32 Å². The summed E-state index contributed by atoms with van der Waals surface area (Å²) in [6.45, 7) is 5.61. The van der Waals surface area contributed by atoms with Crippen LogP contribution in [0.3, 0.4) is 0 Å². The molecule has 4 heteroatoms. The highest BCUT2D eigenvalue weighted by Crippen LogP contribution is 2.09. The van der Waals surface area contributed by atoms with E-state index in [1.807, 2.05) is 32.9 Å². The van der Waals surface area contributed by atoms with Gasteiger partial charge in [-0.15, -0.1) is 0 Å². The molecule has 1 aromatic rings. The molecule has 18 heavy (non-hydrogen) atoms. The summed E-state index contributed by atoms with van der Waals surface area (Å²) in [6.07, 6.45) is 0.361. The van der Waals surface area contributed by atoms with Gasteiger partial charge in [0.25, 0.3) is 5.91 Å². The maximum atomic E-state index is 12.0. The van der Waals surface area contributed by atoms with Crippen molar-refractivity contribution in [2.45, 2.75) is 33.2 Å². The van der Waals surface area contributed by atoms with E-state index in [1.54, 1.807) is 12.1 Å². The fourth-order valence-corrected chi connectivity index (χ4v) is 1.75. The average Bonchev–Trinajstić information content (AvgIpc) is 2.27. The fraction of sp³-hybridized carbons (Fsp3) is 0.429. The minimum atomic E-state index is -1.24. The Bertz CT molecular complexity index is 440. The van der Waals surface area contributed by atoms with Gasteiger partial charge in [0.1, 0.15) is 0 Å². The van der Waals surface area contributed by atoms with Crippen LogP contribution in [0, 0.1) is 12.8 Å². The van der Waals surface area contributed by atoms with Gasteiger partial charge in [-0.25, -0.2) is 0 Å². The number of rotatable bonds is 5. The van der Waals surface area contributed by atoms with Crippen molar-refractivity contribution in [3.05, 3.63) is 35.4 Å². The van der Waals surface area contributed by atoms with Crippen LogP contribution < -0.4 is 10.4 Å². The zero-order valence-electron chi connectivity index (χ0n) is 10.9. The first-order chi connectivity index (χ1) is 8.41. The molecule has 1 amide bonds. The normalized spacial score (nSPS) is 12.2. The van der Waals surface area contributed by atoms with Crippen molar-refractivity contribution in [1.29, 1.82) is 0 Å². The molecule has 0 aliphatic rings. The van der Waals surface area contributed by atoms with Crippen molar-refractivity contribution in [2.75, 3.05) is 0 Å². The fourth-order valence-electron chi connectivity index (χ4n) is 1.75. The highest BCUT2D eigenvalue weighted by molar-refractivity contribution is 5.97. The zero-order valence-corrected chi connectivity index (χ0v) is 10.9. The predicted molar refractivity (Wildman–Crippen MR) is 66.9 cm³/mol. The van der Waals surface area contributed by atoms with E-state index in [1.165, 1.54) is 0 Å². The van der Waals surface area contributed by atoms with E-state index in [4.69, 9.17) is 0 Å². The Morgan fingerprint density at radius 2 is 1.89 bits per heavy atom. The predicted octanol–water partition coefficient (Wildman–Crippen LogP) is 0.889. The van der Waals surface area contributed by atoms with Gasteiger partial charge >= 0.3 is 0 Å². The SMILES string of the molecule is Cc1ccccc1C(=O)N[C@@H](CC(C)C)C(=O)[O-]. The number of amides is 1. The average molecular weight is 248 g/mol. The standard InChI is InChI=1S/C14H19NO3/c1-9(2)8-12(14(17)18)15-13(16)11-7-5-4-6-10(11)3/h4-7,9,12H,8H2,1-3H3,(H,15,16)(H,17,18)/p-1/t12-/m0/s1. The lowest BCUT2D eigenvalue weighted by Gasteiger charge is -2.21. The molecule has 0 fully saturated rings. The van der Waals surface area contributed by atoms with Crippen LogP contribution in [0.4, 0.5) is 0 Å². The number of aliphatic carboxylic acids is 1. The molecule has 0 saturated carbocycles. The van der Waals surface area contributed by atoms with Crippen LogP contribution in [0.25, 0.3) is 0 Å². The van der Waals surface area contributed by atoms with Crippen molar-refractivity contribution in [3.8, 4) is 0 Å². The van der Waals surface area contributed by atoms with E-state index in [0.717, 1.165) is 5.56 Å². The third-order valence-electron chi connectivity index (χ3n) is 2.69. The van der Waals surface area contributed by atoms with Crippen LogP contribution in [0.5, 0.6) is 0 Å². The van der Waals surface area contributed by atoms with Crippen LogP contribution in [-0.4, -0.2) is 17.9 Å². The van der Waals surface area contributed by atoms with Gasteiger partial charge in [0, 0.05) is 5.56 Å². The number of carboxylic acids is 1. The Morgan fingerprint density at radius 3 is 2.39 bits per heavy atom. The van der Waals surface area contributed by atoms with Crippen LogP contribution in [-0.2, 0) is 4.79 Å². The third kappa shape index (κ3) is 3.87. The smallest absolute Gasteiger partial charge is 0.252 e. The van der Waals surface area contributed by atoms with Crippen molar-refractivity contribution >= 4 is 11.9 Å². The molecule has 0 aromatic heterocycles. The van der Waals surface area contributed by atoms with Gasteiger partial charge in [0.2, 0.25) is 0 Å². The number of benzene rings is 1. The Hall–Kier alpha value is -1.84. The Balaban J connectivity index is 2.79. The van der Waals surface area contributed by atoms with E-state index < -0.39 is 12.0 Å². The third-order valence-corrected chi connectivity index (χ3v) is 2.69. The molecule has 0 heterocycles. The molecule has 1 atom stereocenters. The molecule has 0 spiro atoms. The largest absolute Gasteiger partial charge is 0.548 e. The molecule has 0 unspecified atom stereocenters. The lowest BCUT2D eigenvalue weighted by atomic mass is 10.0. The zero-order chi connectivity index (χ0) is 13.7. The minimum absolute atomic E-state index is 0.171. The number of carbonyl (C=O) groups is 2. The number of nitrogens with one attached hydrogen (secondary N) is 1. The summed E-state index contributed by atoms with van der Waals surface area (Å²) in [7, 11) is 0.